The van der Waals surface area contributed by atoms with Crippen molar-refractivity contribution in [1.29, 1.82) is 0 Å². The van der Waals surface area contributed by atoms with Crippen LogP contribution in [0.4, 0.5) is 8.78 Å². The van der Waals surface area contributed by atoms with E-state index in [1.54, 1.807) is 30.5 Å². The molecule has 156 valence electrons. The van der Waals surface area contributed by atoms with Crippen molar-refractivity contribution < 1.29 is 23.0 Å². The molecule has 1 aliphatic rings. The maximum atomic E-state index is 13.2. The summed E-state index contributed by atoms with van der Waals surface area (Å²) >= 11 is 0. The van der Waals surface area contributed by atoms with Crippen LogP contribution in [0.15, 0.2) is 54.7 Å². The lowest BCUT2D eigenvalue weighted by Crippen LogP contribution is -2.32. The number of hydrogen-bond donors (Lipinski definition) is 1. The largest absolute Gasteiger partial charge is 0.485 e. The number of halogens is 2. The molecule has 4 rings (SSSR count). The van der Waals surface area contributed by atoms with Gasteiger partial charge in [0.25, 0.3) is 5.91 Å². The number of nitrogens with one attached hydrogen (secondary N) is 1. The van der Waals surface area contributed by atoms with Gasteiger partial charge in [-0.2, -0.15) is 5.10 Å². The second-order valence-corrected chi connectivity index (χ2v) is 7.02. The zero-order valence-corrected chi connectivity index (χ0v) is 16.2. The van der Waals surface area contributed by atoms with Gasteiger partial charge in [-0.05, 0) is 54.8 Å². The number of aromatic nitrogens is 2. The van der Waals surface area contributed by atoms with Crippen molar-refractivity contribution in [3.63, 3.8) is 0 Å². The number of carbonyl (C=O) groups excluding carboxylic acids is 1. The van der Waals surface area contributed by atoms with Gasteiger partial charge in [0.2, 0.25) is 0 Å². The van der Waals surface area contributed by atoms with Crippen LogP contribution in [0, 0.1) is 11.6 Å². The van der Waals surface area contributed by atoms with Crippen LogP contribution in [0.25, 0.3) is 5.69 Å². The summed E-state index contributed by atoms with van der Waals surface area (Å²) in [6.07, 6.45) is 3.44. The number of amides is 1. The molecule has 30 heavy (non-hydrogen) atoms. The minimum absolute atomic E-state index is 0.00304. The monoisotopic (exact) mass is 413 g/mol. The summed E-state index contributed by atoms with van der Waals surface area (Å²) in [5, 5.41) is 7.17. The van der Waals surface area contributed by atoms with Crippen molar-refractivity contribution >= 4 is 5.91 Å². The molecule has 1 N–H and O–H groups in total. The van der Waals surface area contributed by atoms with Crippen molar-refractivity contribution in [3.05, 3.63) is 77.6 Å². The molecule has 8 heteroatoms. The maximum absolute atomic E-state index is 13.2. The van der Waals surface area contributed by atoms with E-state index in [1.807, 2.05) is 0 Å². The second kappa shape index (κ2) is 9.04. The molecule has 1 amide bonds. The maximum Gasteiger partial charge on any atom is 0.275 e. The molecule has 0 unspecified atom stereocenters. The molecule has 6 nitrogen and oxygen atoms in total. The third kappa shape index (κ3) is 4.83. The average Bonchev–Trinajstić information content (AvgIpc) is 3.42. The predicted molar refractivity (Wildman–Crippen MR) is 106 cm³/mol. The van der Waals surface area contributed by atoms with E-state index >= 15 is 0 Å². The van der Waals surface area contributed by atoms with Crippen LogP contribution in [-0.4, -0.2) is 34.9 Å². The first-order valence-electron chi connectivity index (χ1n) is 9.71. The fourth-order valence-corrected chi connectivity index (χ4v) is 3.18. The lowest BCUT2D eigenvalue weighted by Gasteiger charge is -2.10. The molecule has 3 aromatic rings. The summed E-state index contributed by atoms with van der Waals surface area (Å²) in [7, 11) is 0. The molecular formula is C22H21F2N3O3. The van der Waals surface area contributed by atoms with Crippen LogP contribution in [0.5, 0.6) is 5.75 Å². The highest BCUT2D eigenvalue weighted by Gasteiger charge is 2.22. The number of benzene rings is 2. The minimum atomic E-state index is -0.388. The zero-order valence-electron chi connectivity index (χ0n) is 16.2. The van der Waals surface area contributed by atoms with Crippen LogP contribution < -0.4 is 10.1 Å². The summed E-state index contributed by atoms with van der Waals surface area (Å²) < 4.78 is 39.2. The molecule has 1 aromatic heterocycles. The third-order valence-corrected chi connectivity index (χ3v) is 4.81. The number of nitrogens with zero attached hydrogens (tertiary/aromatic N) is 2. The Hall–Kier alpha value is -3.26. The van der Waals surface area contributed by atoms with Crippen molar-refractivity contribution in [2.24, 2.45) is 0 Å². The van der Waals surface area contributed by atoms with E-state index in [0.29, 0.717) is 18.8 Å². The molecule has 1 atom stereocenters. The average molecular weight is 413 g/mol. The Balaban J connectivity index is 1.54. The Labute approximate surface area is 172 Å². The topological polar surface area (TPSA) is 65.4 Å². The van der Waals surface area contributed by atoms with Crippen molar-refractivity contribution in [1.82, 2.24) is 15.1 Å². The summed E-state index contributed by atoms with van der Waals surface area (Å²) in [5.41, 5.74) is 1.44. The molecule has 0 radical (unpaired) electrons. The number of ether oxygens (including phenoxy) is 2. The highest BCUT2D eigenvalue weighted by molar-refractivity contribution is 5.95. The zero-order chi connectivity index (χ0) is 20.9. The molecule has 1 aliphatic heterocycles. The predicted octanol–water partition coefficient (Wildman–Crippen LogP) is 3.64. The molecule has 0 spiro atoms. The summed E-state index contributed by atoms with van der Waals surface area (Å²) in [5.74, 6) is -0.820. The highest BCUT2D eigenvalue weighted by Crippen LogP contribution is 2.22. The van der Waals surface area contributed by atoms with E-state index in [-0.39, 0.29) is 41.7 Å². The molecule has 2 heterocycles. The fraction of sp³-hybridized carbons (Fsp3) is 0.273. The van der Waals surface area contributed by atoms with Gasteiger partial charge in [-0.1, -0.05) is 12.1 Å². The Bertz CT molecular complexity index is 997. The lowest BCUT2D eigenvalue weighted by molar-refractivity contribution is 0.0850. The first-order valence-corrected chi connectivity index (χ1v) is 9.71. The Morgan fingerprint density at radius 3 is 2.50 bits per heavy atom. The molecule has 2 aromatic carbocycles. The summed E-state index contributed by atoms with van der Waals surface area (Å²) in [6.45, 7) is 1.23. The van der Waals surface area contributed by atoms with E-state index in [0.717, 1.165) is 18.4 Å². The quantitative estimate of drug-likeness (QED) is 0.642. The van der Waals surface area contributed by atoms with Gasteiger partial charge < -0.3 is 14.8 Å². The third-order valence-electron chi connectivity index (χ3n) is 4.81. The van der Waals surface area contributed by atoms with Crippen LogP contribution in [-0.2, 0) is 11.3 Å². The molecule has 0 saturated carbocycles. The smallest absolute Gasteiger partial charge is 0.275 e. The SMILES string of the molecule is O=C(NC[C@H]1CCCO1)c1nn(-c2ccc(F)cc2)cc1OCc1ccc(F)cc1. The van der Waals surface area contributed by atoms with Crippen molar-refractivity contribution in [3.8, 4) is 11.4 Å². The number of hydrogen-bond acceptors (Lipinski definition) is 4. The molecule has 0 aliphatic carbocycles. The second-order valence-electron chi connectivity index (χ2n) is 7.02. The normalized spacial score (nSPS) is 15.9. The fourth-order valence-electron chi connectivity index (χ4n) is 3.18. The van der Waals surface area contributed by atoms with E-state index < -0.39 is 0 Å². The van der Waals surface area contributed by atoms with Gasteiger partial charge in [-0.15, -0.1) is 0 Å². The molecule has 0 bridgehead atoms. The van der Waals surface area contributed by atoms with Crippen LogP contribution >= 0.6 is 0 Å². The first kappa shape index (κ1) is 20.0. The van der Waals surface area contributed by atoms with Crippen LogP contribution in [0.3, 0.4) is 0 Å². The highest BCUT2D eigenvalue weighted by atomic mass is 19.1. The lowest BCUT2D eigenvalue weighted by atomic mass is 10.2. The number of carbonyl (C=O) groups is 1. The minimum Gasteiger partial charge on any atom is -0.485 e. The van der Waals surface area contributed by atoms with Gasteiger partial charge >= 0.3 is 0 Å². The standard InChI is InChI=1S/C22H21F2N3O3/c23-16-5-3-15(4-6-16)14-30-20-13-27(18-9-7-17(24)8-10-18)26-21(20)22(28)25-12-19-2-1-11-29-19/h3-10,13,19H,1-2,11-12,14H2,(H,25,28)/t19-/m1/s1. The van der Waals surface area contributed by atoms with Gasteiger partial charge in [-0.3, -0.25) is 4.79 Å². The Morgan fingerprint density at radius 2 is 1.83 bits per heavy atom. The van der Waals surface area contributed by atoms with Crippen molar-refractivity contribution in [2.45, 2.75) is 25.6 Å². The molecular weight excluding hydrogens is 392 g/mol. The van der Waals surface area contributed by atoms with E-state index in [2.05, 4.69) is 10.4 Å². The van der Waals surface area contributed by atoms with E-state index in [1.165, 1.54) is 28.9 Å². The van der Waals surface area contributed by atoms with Gasteiger partial charge in [0.15, 0.2) is 11.4 Å². The van der Waals surface area contributed by atoms with Gasteiger partial charge in [0.1, 0.15) is 18.2 Å². The van der Waals surface area contributed by atoms with Gasteiger partial charge in [-0.25, -0.2) is 13.5 Å². The van der Waals surface area contributed by atoms with E-state index in [4.69, 9.17) is 9.47 Å². The Kier molecular flexibility index (Phi) is 6.04. The molecule has 1 fully saturated rings. The van der Waals surface area contributed by atoms with Gasteiger partial charge in [0, 0.05) is 13.2 Å². The first-order chi connectivity index (χ1) is 14.6. The summed E-state index contributed by atoms with van der Waals surface area (Å²) in [4.78, 5) is 12.7. The van der Waals surface area contributed by atoms with Gasteiger partial charge in [0.05, 0.1) is 18.0 Å². The Morgan fingerprint density at radius 1 is 1.13 bits per heavy atom. The van der Waals surface area contributed by atoms with Crippen LogP contribution in [0.1, 0.15) is 28.9 Å². The summed E-state index contributed by atoms with van der Waals surface area (Å²) in [6, 6.07) is 11.6. The van der Waals surface area contributed by atoms with Crippen LogP contribution in [0.2, 0.25) is 0 Å². The number of rotatable bonds is 7. The molecule has 1 saturated heterocycles. The van der Waals surface area contributed by atoms with E-state index in [9.17, 15) is 13.6 Å². The van der Waals surface area contributed by atoms with Crippen molar-refractivity contribution in [2.75, 3.05) is 13.2 Å².